The maximum Gasteiger partial charge on any atom is 0.223 e. The lowest BCUT2D eigenvalue weighted by Gasteiger charge is -2.31. The molecule has 1 fully saturated rings. The van der Waals surface area contributed by atoms with Crippen molar-refractivity contribution in [3.05, 3.63) is 69.7 Å². The maximum atomic E-state index is 12.8. The molecule has 0 aliphatic carbocycles. The van der Waals surface area contributed by atoms with E-state index >= 15 is 0 Å². The van der Waals surface area contributed by atoms with Gasteiger partial charge in [-0.1, -0.05) is 47.5 Å². The minimum absolute atomic E-state index is 0.00171. The number of amides is 1. The largest absolute Gasteiger partial charge is 0.349 e. The Bertz CT molecular complexity index is 998. The standard InChI is InChI=1S/C23H29ClN2O3S/c1-16-4-5-17(2)22(14-16)18(3)25-23(27)20-10-12-26(13-11-20)30(28,29)15-19-6-8-21(24)9-7-19/h4-9,14,18,20H,10-13,15H2,1-3H3,(H,25,27)/t18-/m1/s1. The first kappa shape index (κ1) is 22.8. The van der Waals surface area contributed by atoms with E-state index in [2.05, 4.69) is 23.5 Å². The summed E-state index contributed by atoms with van der Waals surface area (Å²) in [4.78, 5) is 12.8. The number of hydrogen-bond donors (Lipinski definition) is 1. The van der Waals surface area contributed by atoms with Gasteiger partial charge in [-0.15, -0.1) is 0 Å². The summed E-state index contributed by atoms with van der Waals surface area (Å²) in [6.45, 7) is 6.81. The molecular weight excluding hydrogens is 420 g/mol. The summed E-state index contributed by atoms with van der Waals surface area (Å²) in [5.41, 5.74) is 4.14. The summed E-state index contributed by atoms with van der Waals surface area (Å²) >= 11 is 5.87. The first-order valence-corrected chi connectivity index (χ1v) is 12.2. The molecule has 2 aromatic carbocycles. The number of carbonyl (C=O) groups excluding carboxylic acids is 1. The third-order valence-corrected chi connectivity index (χ3v) is 7.84. The molecule has 1 atom stereocenters. The van der Waals surface area contributed by atoms with Crippen molar-refractivity contribution in [3.63, 3.8) is 0 Å². The van der Waals surface area contributed by atoms with Crippen molar-refractivity contribution in [3.8, 4) is 0 Å². The van der Waals surface area contributed by atoms with Crippen molar-refractivity contribution in [2.45, 2.75) is 45.4 Å². The van der Waals surface area contributed by atoms with Crippen molar-refractivity contribution in [2.24, 2.45) is 5.92 Å². The maximum absolute atomic E-state index is 12.8. The first-order chi connectivity index (χ1) is 14.2. The van der Waals surface area contributed by atoms with Crippen LogP contribution >= 0.6 is 11.6 Å². The Morgan fingerprint density at radius 1 is 1.13 bits per heavy atom. The van der Waals surface area contributed by atoms with E-state index < -0.39 is 10.0 Å². The molecule has 1 amide bonds. The number of sulfonamides is 1. The van der Waals surface area contributed by atoms with Gasteiger partial charge >= 0.3 is 0 Å². The van der Waals surface area contributed by atoms with Crippen LogP contribution in [0, 0.1) is 19.8 Å². The molecular formula is C23H29ClN2O3S. The van der Waals surface area contributed by atoms with E-state index in [0.29, 0.717) is 36.5 Å². The van der Waals surface area contributed by atoms with Crippen molar-refractivity contribution in [2.75, 3.05) is 13.1 Å². The van der Waals surface area contributed by atoms with Gasteiger partial charge in [-0.05, 0) is 62.4 Å². The number of nitrogens with one attached hydrogen (secondary N) is 1. The van der Waals surface area contributed by atoms with Crippen LogP contribution in [-0.4, -0.2) is 31.7 Å². The van der Waals surface area contributed by atoms with Gasteiger partial charge in [-0.3, -0.25) is 4.79 Å². The Morgan fingerprint density at radius 3 is 2.40 bits per heavy atom. The second kappa shape index (κ2) is 9.50. The van der Waals surface area contributed by atoms with Gasteiger partial charge in [-0.25, -0.2) is 12.7 Å². The van der Waals surface area contributed by atoms with Crippen LogP contribution in [0.2, 0.25) is 5.02 Å². The molecule has 0 spiro atoms. The first-order valence-electron chi connectivity index (χ1n) is 10.3. The predicted octanol–water partition coefficient (Wildman–Crippen LogP) is 4.38. The van der Waals surface area contributed by atoms with Crippen LogP contribution in [0.25, 0.3) is 0 Å². The van der Waals surface area contributed by atoms with Crippen LogP contribution in [0.4, 0.5) is 0 Å². The second-order valence-corrected chi connectivity index (χ2v) is 10.6. The fourth-order valence-electron chi connectivity index (χ4n) is 3.91. The molecule has 0 saturated carbocycles. The molecule has 5 nitrogen and oxygen atoms in total. The average Bonchev–Trinajstić information content (AvgIpc) is 2.71. The van der Waals surface area contributed by atoms with Crippen molar-refractivity contribution < 1.29 is 13.2 Å². The van der Waals surface area contributed by atoms with Gasteiger partial charge < -0.3 is 5.32 Å². The summed E-state index contributed by atoms with van der Waals surface area (Å²) in [6, 6.07) is 13.0. The molecule has 30 heavy (non-hydrogen) atoms. The predicted molar refractivity (Wildman–Crippen MR) is 121 cm³/mol. The van der Waals surface area contributed by atoms with Gasteiger partial charge in [0.1, 0.15) is 0 Å². The van der Waals surface area contributed by atoms with E-state index in [9.17, 15) is 13.2 Å². The van der Waals surface area contributed by atoms with E-state index in [4.69, 9.17) is 11.6 Å². The SMILES string of the molecule is Cc1ccc(C)c([C@@H](C)NC(=O)C2CCN(S(=O)(=O)Cc3ccc(Cl)cc3)CC2)c1. The molecule has 2 aromatic rings. The van der Waals surface area contributed by atoms with Crippen LogP contribution < -0.4 is 5.32 Å². The number of carbonyl (C=O) groups is 1. The number of hydrogen-bond acceptors (Lipinski definition) is 3. The van der Waals surface area contributed by atoms with Crippen molar-refractivity contribution in [1.82, 2.24) is 9.62 Å². The molecule has 0 aromatic heterocycles. The molecule has 7 heteroatoms. The molecule has 0 bridgehead atoms. The van der Waals surface area contributed by atoms with E-state index in [1.807, 2.05) is 20.8 Å². The highest BCUT2D eigenvalue weighted by molar-refractivity contribution is 7.88. The molecule has 0 unspecified atom stereocenters. The molecule has 1 heterocycles. The Hall–Kier alpha value is -1.89. The second-order valence-electron chi connectivity index (χ2n) is 8.15. The molecule has 0 radical (unpaired) electrons. The average molecular weight is 449 g/mol. The Morgan fingerprint density at radius 2 is 1.77 bits per heavy atom. The molecule has 1 aliphatic rings. The number of piperidine rings is 1. The molecule has 162 valence electrons. The van der Waals surface area contributed by atoms with Gasteiger partial charge in [-0.2, -0.15) is 0 Å². The Labute approximate surface area is 184 Å². The number of nitrogens with zero attached hydrogens (tertiary/aromatic N) is 1. The molecule has 1 N–H and O–H groups in total. The minimum Gasteiger partial charge on any atom is -0.349 e. The van der Waals surface area contributed by atoms with Gasteiger partial charge in [0.25, 0.3) is 0 Å². The van der Waals surface area contributed by atoms with E-state index in [0.717, 1.165) is 16.7 Å². The third-order valence-electron chi connectivity index (χ3n) is 5.74. The molecule has 3 rings (SSSR count). The van der Waals surface area contributed by atoms with E-state index in [1.54, 1.807) is 24.3 Å². The highest BCUT2D eigenvalue weighted by Gasteiger charge is 2.31. The van der Waals surface area contributed by atoms with Gasteiger partial charge in [0.05, 0.1) is 11.8 Å². The third kappa shape index (κ3) is 5.62. The highest BCUT2D eigenvalue weighted by atomic mass is 35.5. The smallest absolute Gasteiger partial charge is 0.223 e. The molecule has 1 aliphatic heterocycles. The summed E-state index contributed by atoms with van der Waals surface area (Å²) in [6.07, 6.45) is 1.07. The number of aryl methyl sites for hydroxylation is 2. The van der Waals surface area contributed by atoms with Crippen LogP contribution in [0.5, 0.6) is 0 Å². The highest BCUT2D eigenvalue weighted by Crippen LogP contribution is 2.24. The Balaban J connectivity index is 1.56. The normalized spacial score (nSPS) is 16.9. The topological polar surface area (TPSA) is 66.5 Å². The quantitative estimate of drug-likeness (QED) is 0.713. The van der Waals surface area contributed by atoms with E-state index in [-0.39, 0.29) is 23.6 Å². The van der Waals surface area contributed by atoms with Crippen molar-refractivity contribution in [1.29, 1.82) is 0 Å². The minimum atomic E-state index is -3.42. The number of rotatable bonds is 6. The summed E-state index contributed by atoms with van der Waals surface area (Å²) < 4.78 is 27.0. The fraction of sp³-hybridized carbons (Fsp3) is 0.435. The number of halogens is 1. The van der Waals surface area contributed by atoms with Crippen LogP contribution in [0.15, 0.2) is 42.5 Å². The van der Waals surface area contributed by atoms with Crippen LogP contribution in [0.3, 0.4) is 0 Å². The fourth-order valence-corrected chi connectivity index (χ4v) is 5.60. The molecule has 1 saturated heterocycles. The van der Waals surface area contributed by atoms with Crippen LogP contribution in [0.1, 0.15) is 48.1 Å². The van der Waals surface area contributed by atoms with Gasteiger partial charge in [0, 0.05) is 24.0 Å². The lowest BCUT2D eigenvalue weighted by atomic mass is 9.95. The van der Waals surface area contributed by atoms with E-state index in [1.165, 1.54) is 4.31 Å². The zero-order valence-electron chi connectivity index (χ0n) is 17.7. The zero-order chi connectivity index (χ0) is 21.9. The lowest BCUT2D eigenvalue weighted by Crippen LogP contribution is -2.43. The monoisotopic (exact) mass is 448 g/mol. The summed E-state index contributed by atoms with van der Waals surface area (Å²) in [5, 5.41) is 3.69. The van der Waals surface area contributed by atoms with Gasteiger partial charge in [0.2, 0.25) is 15.9 Å². The number of benzene rings is 2. The van der Waals surface area contributed by atoms with Crippen molar-refractivity contribution >= 4 is 27.5 Å². The summed E-state index contributed by atoms with van der Waals surface area (Å²) in [5.74, 6) is -0.220. The zero-order valence-corrected chi connectivity index (χ0v) is 19.3. The van der Waals surface area contributed by atoms with Crippen LogP contribution in [-0.2, 0) is 20.6 Å². The Kier molecular flexibility index (Phi) is 7.22. The summed E-state index contributed by atoms with van der Waals surface area (Å²) in [7, 11) is -3.42. The lowest BCUT2D eigenvalue weighted by molar-refractivity contribution is -0.126. The van der Waals surface area contributed by atoms with Gasteiger partial charge in [0.15, 0.2) is 0 Å².